The van der Waals surface area contributed by atoms with Gasteiger partial charge in [0.1, 0.15) is 17.0 Å². The Bertz CT molecular complexity index is 1380. The fourth-order valence-corrected chi connectivity index (χ4v) is 6.28. The van der Waals surface area contributed by atoms with Crippen molar-refractivity contribution in [3.63, 3.8) is 0 Å². The van der Waals surface area contributed by atoms with E-state index < -0.39 is 0 Å². The van der Waals surface area contributed by atoms with Crippen molar-refractivity contribution in [1.82, 2.24) is 9.97 Å². The number of carbonyl (C=O) groups is 1. The van der Waals surface area contributed by atoms with Gasteiger partial charge in [0.15, 0.2) is 0 Å². The van der Waals surface area contributed by atoms with Crippen LogP contribution in [0.3, 0.4) is 0 Å². The molecule has 0 radical (unpaired) electrons. The Morgan fingerprint density at radius 2 is 1.97 bits per heavy atom. The predicted octanol–water partition coefficient (Wildman–Crippen LogP) is 6.03. The lowest BCUT2D eigenvalue weighted by Gasteiger charge is -2.19. The molecule has 4 aromatic rings. The summed E-state index contributed by atoms with van der Waals surface area (Å²) in [5, 5.41) is 9.84. The second kappa shape index (κ2) is 7.71. The van der Waals surface area contributed by atoms with Gasteiger partial charge in [-0.25, -0.2) is 9.97 Å². The maximum atomic E-state index is 13.1. The van der Waals surface area contributed by atoms with Gasteiger partial charge in [0, 0.05) is 12.2 Å². The van der Waals surface area contributed by atoms with Crippen LogP contribution in [-0.2, 0) is 0 Å². The molecule has 2 N–H and O–H groups in total. The van der Waals surface area contributed by atoms with Gasteiger partial charge in [-0.15, -0.1) is 11.3 Å². The van der Waals surface area contributed by atoms with E-state index in [1.807, 2.05) is 37.3 Å². The van der Waals surface area contributed by atoms with Gasteiger partial charge in [-0.05, 0) is 66.0 Å². The van der Waals surface area contributed by atoms with Crippen LogP contribution in [0.4, 0.5) is 11.5 Å². The molecule has 2 heterocycles. The lowest BCUT2D eigenvalue weighted by molar-refractivity contribution is 0.103. The second-order valence-corrected chi connectivity index (χ2v) is 9.89. The van der Waals surface area contributed by atoms with E-state index in [1.54, 1.807) is 6.33 Å². The van der Waals surface area contributed by atoms with Crippen molar-refractivity contribution in [2.24, 2.45) is 17.8 Å². The third-order valence-corrected chi connectivity index (χ3v) is 8.09. The van der Waals surface area contributed by atoms with Gasteiger partial charge in [-0.3, -0.25) is 4.79 Å². The van der Waals surface area contributed by atoms with Crippen molar-refractivity contribution >= 4 is 49.7 Å². The summed E-state index contributed by atoms with van der Waals surface area (Å²) in [7, 11) is 0. The normalized spacial score (nSPS) is 21.5. The van der Waals surface area contributed by atoms with E-state index in [-0.39, 0.29) is 5.91 Å². The number of rotatable bonds is 5. The first-order valence-corrected chi connectivity index (χ1v) is 11.9. The summed E-state index contributed by atoms with van der Waals surface area (Å²) in [6.07, 6.45) is 8.88. The van der Waals surface area contributed by atoms with Crippen molar-refractivity contribution < 1.29 is 4.79 Å². The zero-order valence-corrected chi connectivity index (χ0v) is 18.7. The summed E-state index contributed by atoms with van der Waals surface area (Å²) in [6, 6.07) is 14.1. The molecular weight excluding hydrogens is 416 g/mol. The monoisotopic (exact) mass is 440 g/mol. The number of allylic oxidation sites excluding steroid dienone is 2. The lowest BCUT2D eigenvalue weighted by Crippen LogP contribution is -2.19. The molecule has 3 atom stereocenters. The molecule has 0 spiro atoms. The van der Waals surface area contributed by atoms with Gasteiger partial charge in [0.05, 0.1) is 10.3 Å². The number of benzene rings is 2. The number of aromatic nitrogens is 2. The van der Waals surface area contributed by atoms with E-state index in [0.29, 0.717) is 16.7 Å². The van der Waals surface area contributed by atoms with Crippen molar-refractivity contribution in [2.75, 3.05) is 17.2 Å². The minimum absolute atomic E-state index is 0.107. The van der Waals surface area contributed by atoms with E-state index in [1.165, 1.54) is 24.2 Å². The van der Waals surface area contributed by atoms with E-state index in [2.05, 4.69) is 44.9 Å². The van der Waals surface area contributed by atoms with Gasteiger partial charge >= 0.3 is 0 Å². The van der Waals surface area contributed by atoms with Crippen LogP contribution in [0, 0.1) is 24.7 Å². The minimum atomic E-state index is -0.107. The van der Waals surface area contributed by atoms with E-state index >= 15 is 0 Å². The first-order valence-electron chi connectivity index (χ1n) is 11.1. The Hall–Kier alpha value is -3.25. The van der Waals surface area contributed by atoms with Crippen molar-refractivity contribution in [3.8, 4) is 0 Å². The molecule has 2 aromatic carbocycles. The third kappa shape index (κ3) is 3.35. The van der Waals surface area contributed by atoms with Gasteiger partial charge in [0.25, 0.3) is 5.91 Å². The zero-order valence-electron chi connectivity index (χ0n) is 17.8. The molecule has 1 saturated carbocycles. The lowest BCUT2D eigenvalue weighted by atomic mass is 9.93. The SMILES string of the molecule is Cc1c(C(=O)Nc2ccc3ccccc3c2)sc2ncnc(NCC3CC4C=CC3C4)c12. The van der Waals surface area contributed by atoms with Crippen LogP contribution in [-0.4, -0.2) is 22.4 Å². The predicted molar refractivity (Wildman–Crippen MR) is 131 cm³/mol. The van der Waals surface area contributed by atoms with E-state index in [0.717, 1.165) is 50.5 Å². The number of hydrogen-bond donors (Lipinski definition) is 2. The smallest absolute Gasteiger partial charge is 0.266 e. The number of thiophene rings is 1. The molecule has 0 saturated heterocycles. The highest BCUT2D eigenvalue weighted by Crippen LogP contribution is 2.43. The number of carbonyl (C=O) groups excluding carboxylic acids is 1. The number of hydrogen-bond acceptors (Lipinski definition) is 5. The standard InChI is InChI=1S/C26H24N4OS/c1-15-22-24(27-13-20-11-16-6-7-19(20)10-16)28-14-29-26(22)32-23(15)25(31)30-21-9-8-17-4-2-3-5-18(17)12-21/h2-9,12,14,16,19-20H,10-11,13H2,1H3,(H,30,31)(H,27,28,29). The topological polar surface area (TPSA) is 66.9 Å². The molecule has 6 rings (SSSR count). The maximum Gasteiger partial charge on any atom is 0.266 e. The molecule has 2 aliphatic rings. The number of aryl methyl sites for hydroxylation is 1. The van der Waals surface area contributed by atoms with Crippen molar-refractivity contribution in [2.45, 2.75) is 19.8 Å². The zero-order chi connectivity index (χ0) is 21.7. The summed E-state index contributed by atoms with van der Waals surface area (Å²) in [5.74, 6) is 2.83. The molecule has 2 bridgehead atoms. The summed E-state index contributed by atoms with van der Waals surface area (Å²) in [4.78, 5) is 23.6. The van der Waals surface area contributed by atoms with Crippen LogP contribution >= 0.6 is 11.3 Å². The average Bonchev–Trinajstić information content (AvgIpc) is 3.52. The molecule has 6 heteroatoms. The second-order valence-electron chi connectivity index (χ2n) is 8.90. The average molecular weight is 441 g/mol. The van der Waals surface area contributed by atoms with Crippen molar-refractivity contribution in [1.29, 1.82) is 0 Å². The van der Waals surface area contributed by atoms with Crippen LogP contribution in [0.25, 0.3) is 21.0 Å². The number of amides is 1. The Kier molecular flexibility index (Phi) is 4.68. The Morgan fingerprint density at radius 1 is 1.09 bits per heavy atom. The largest absolute Gasteiger partial charge is 0.369 e. The Labute approximate surface area is 190 Å². The van der Waals surface area contributed by atoms with Crippen LogP contribution in [0.2, 0.25) is 0 Å². The fourth-order valence-electron chi connectivity index (χ4n) is 5.23. The highest BCUT2D eigenvalue weighted by Gasteiger charge is 2.35. The molecule has 0 aliphatic heterocycles. The highest BCUT2D eigenvalue weighted by molar-refractivity contribution is 7.20. The summed E-state index contributed by atoms with van der Waals surface area (Å²) in [5.41, 5.74) is 1.72. The Morgan fingerprint density at radius 3 is 2.78 bits per heavy atom. The van der Waals surface area contributed by atoms with Crippen LogP contribution in [0.1, 0.15) is 28.1 Å². The van der Waals surface area contributed by atoms with Gasteiger partial charge in [-0.2, -0.15) is 0 Å². The van der Waals surface area contributed by atoms with Crippen LogP contribution in [0.5, 0.6) is 0 Å². The van der Waals surface area contributed by atoms with E-state index in [9.17, 15) is 4.79 Å². The first kappa shape index (κ1) is 19.4. The van der Waals surface area contributed by atoms with Crippen LogP contribution < -0.4 is 10.6 Å². The quantitative estimate of drug-likeness (QED) is 0.372. The van der Waals surface area contributed by atoms with E-state index in [4.69, 9.17) is 0 Å². The summed E-state index contributed by atoms with van der Waals surface area (Å²) >= 11 is 1.42. The number of fused-ring (bicyclic) bond motifs is 4. The highest BCUT2D eigenvalue weighted by atomic mass is 32.1. The first-order chi connectivity index (χ1) is 15.7. The molecule has 1 fully saturated rings. The molecule has 3 unspecified atom stereocenters. The summed E-state index contributed by atoms with van der Waals surface area (Å²) < 4.78 is 0. The Balaban J connectivity index is 1.25. The fraction of sp³-hybridized carbons (Fsp3) is 0.269. The molecule has 2 aliphatic carbocycles. The number of anilines is 2. The molecule has 2 aromatic heterocycles. The van der Waals surface area contributed by atoms with Gasteiger partial charge < -0.3 is 10.6 Å². The number of nitrogens with zero attached hydrogens (tertiary/aromatic N) is 2. The maximum absolute atomic E-state index is 13.1. The molecule has 1 amide bonds. The molecule has 160 valence electrons. The third-order valence-electron chi connectivity index (χ3n) is 6.89. The summed E-state index contributed by atoms with van der Waals surface area (Å²) in [6.45, 7) is 2.90. The van der Waals surface area contributed by atoms with Gasteiger partial charge in [-0.1, -0.05) is 42.5 Å². The number of nitrogens with one attached hydrogen (secondary N) is 2. The van der Waals surface area contributed by atoms with Crippen molar-refractivity contribution in [3.05, 3.63) is 71.4 Å². The van der Waals surface area contributed by atoms with Crippen LogP contribution in [0.15, 0.2) is 60.9 Å². The molecule has 32 heavy (non-hydrogen) atoms. The molecule has 5 nitrogen and oxygen atoms in total. The molecular formula is C26H24N4OS. The minimum Gasteiger partial charge on any atom is -0.369 e. The van der Waals surface area contributed by atoms with Gasteiger partial charge in [0.2, 0.25) is 0 Å².